The van der Waals surface area contributed by atoms with Crippen LogP contribution in [0, 0.1) is 11.7 Å². The van der Waals surface area contributed by atoms with E-state index in [1.165, 1.54) is 28.3 Å². The van der Waals surface area contributed by atoms with E-state index >= 15 is 0 Å². The minimum absolute atomic E-state index is 0.184. The van der Waals surface area contributed by atoms with Crippen molar-refractivity contribution in [1.82, 2.24) is 9.47 Å². The zero-order valence-electron chi connectivity index (χ0n) is 17.3. The number of nitrogens with zero attached hydrogens (tertiary/aromatic N) is 2. The first-order chi connectivity index (χ1) is 15.1. The highest BCUT2D eigenvalue weighted by molar-refractivity contribution is 6.18. The normalized spacial score (nSPS) is 15.1. The van der Waals surface area contributed by atoms with Crippen molar-refractivity contribution in [3.63, 3.8) is 0 Å². The number of pyridine rings is 1. The van der Waals surface area contributed by atoms with Crippen molar-refractivity contribution in [2.75, 3.05) is 13.1 Å². The fourth-order valence-corrected chi connectivity index (χ4v) is 4.03. The van der Waals surface area contributed by atoms with E-state index in [0.29, 0.717) is 24.6 Å². The number of hydrogen-bond acceptors (Lipinski definition) is 2. The highest BCUT2D eigenvalue weighted by atomic mass is 19.1. The van der Waals surface area contributed by atoms with E-state index in [4.69, 9.17) is 0 Å². The predicted octanol–water partition coefficient (Wildman–Crippen LogP) is 4.47. The van der Waals surface area contributed by atoms with Crippen LogP contribution in [-0.4, -0.2) is 28.5 Å². The Bertz CT molecular complexity index is 1110. The molecule has 0 spiro atoms. The minimum atomic E-state index is -0.345. The molecule has 2 aromatic carbocycles. The van der Waals surface area contributed by atoms with Crippen molar-refractivity contribution >= 4 is 17.7 Å². The molecule has 4 rings (SSSR count). The Morgan fingerprint density at radius 3 is 2.29 bits per heavy atom. The molecule has 1 aliphatic rings. The fraction of sp³-hybridized carbons (Fsp3) is 0.231. The molecule has 158 valence electrons. The molecule has 0 bridgehead atoms. The Labute approximate surface area is 181 Å². The summed E-state index contributed by atoms with van der Waals surface area (Å²) in [6.07, 6.45) is 6.11. The average Bonchev–Trinajstić information content (AvgIpc) is 2.80. The zero-order chi connectivity index (χ0) is 21.6. The number of hydrogen-bond donors (Lipinski definition) is 0. The van der Waals surface area contributed by atoms with Gasteiger partial charge in [-0.25, -0.2) is 4.39 Å². The zero-order valence-corrected chi connectivity index (χ0v) is 17.3. The number of rotatable bonds is 5. The van der Waals surface area contributed by atoms with Gasteiger partial charge < -0.3 is 4.90 Å². The Balaban J connectivity index is 1.53. The van der Waals surface area contributed by atoms with E-state index in [1.54, 1.807) is 36.5 Å². The summed E-state index contributed by atoms with van der Waals surface area (Å²) in [7, 11) is 0. The molecule has 31 heavy (non-hydrogen) atoms. The van der Waals surface area contributed by atoms with Crippen LogP contribution in [0.5, 0.6) is 0 Å². The van der Waals surface area contributed by atoms with Gasteiger partial charge in [-0.1, -0.05) is 48.5 Å². The van der Waals surface area contributed by atoms with Crippen LogP contribution in [0.1, 0.15) is 24.0 Å². The number of benzene rings is 2. The van der Waals surface area contributed by atoms with Crippen molar-refractivity contribution < 1.29 is 9.18 Å². The molecule has 1 aliphatic heterocycles. The molecule has 0 radical (unpaired) electrons. The summed E-state index contributed by atoms with van der Waals surface area (Å²) in [6, 6.07) is 21.1. The number of amides is 1. The minimum Gasteiger partial charge on any atom is -0.337 e. The van der Waals surface area contributed by atoms with Gasteiger partial charge in [0.1, 0.15) is 11.5 Å². The highest BCUT2D eigenvalue weighted by Crippen LogP contribution is 2.24. The lowest BCUT2D eigenvalue weighted by molar-refractivity contribution is -0.126. The number of piperidine rings is 1. The highest BCUT2D eigenvalue weighted by Gasteiger charge is 2.26. The largest absolute Gasteiger partial charge is 0.337 e. The molecule has 1 amide bonds. The Morgan fingerprint density at radius 2 is 1.61 bits per heavy atom. The third kappa shape index (κ3) is 5.18. The SMILES string of the molecule is O=C(C(=Cc1ccc(F)cc1)n1ccccc1=O)N1CCC(Cc2ccccc2)CC1. The summed E-state index contributed by atoms with van der Waals surface area (Å²) in [5.74, 6) is 0.00797. The molecule has 1 fully saturated rings. The molecule has 4 nitrogen and oxygen atoms in total. The van der Waals surface area contributed by atoms with Gasteiger partial charge in [-0.15, -0.1) is 0 Å². The van der Waals surface area contributed by atoms with Crippen molar-refractivity contribution in [1.29, 1.82) is 0 Å². The summed E-state index contributed by atoms with van der Waals surface area (Å²) in [5, 5.41) is 0. The Morgan fingerprint density at radius 1 is 0.935 bits per heavy atom. The Kier molecular flexibility index (Phi) is 6.41. The van der Waals surface area contributed by atoms with Gasteiger partial charge in [0.05, 0.1) is 0 Å². The van der Waals surface area contributed by atoms with E-state index in [0.717, 1.165) is 19.3 Å². The first kappa shape index (κ1) is 20.8. The lowest BCUT2D eigenvalue weighted by Gasteiger charge is -2.33. The van der Waals surface area contributed by atoms with Gasteiger partial charge in [0.25, 0.3) is 11.5 Å². The Hall–Kier alpha value is -3.47. The molecule has 2 heterocycles. The van der Waals surface area contributed by atoms with Gasteiger partial charge in [-0.3, -0.25) is 14.2 Å². The van der Waals surface area contributed by atoms with Crippen LogP contribution in [0.3, 0.4) is 0 Å². The molecule has 0 aliphatic carbocycles. The molecule has 1 aromatic heterocycles. The molecule has 3 aromatic rings. The maximum Gasteiger partial charge on any atom is 0.270 e. The molecule has 0 atom stereocenters. The van der Waals surface area contributed by atoms with E-state index in [2.05, 4.69) is 24.3 Å². The second-order valence-corrected chi connectivity index (χ2v) is 7.92. The van der Waals surface area contributed by atoms with Gasteiger partial charge >= 0.3 is 0 Å². The summed E-state index contributed by atoms with van der Waals surface area (Å²) in [6.45, 7) is 1.30. The summed E-state index contributed by atoms with van der Waals surface area (Å²) in [5.41, 5.74) is 1.99. The maximum atomic E-state index is 13.4. The predicted molar refractivity (Wildman–Crippen MR) is 121 cm³/mol. The van der Waals surface area contributed by atoms with Crippen molar-refractivity contribution in [3.05, 3.63) is 106 Å². The van der Waals surface area contributed by atoms with E-state index in [1.807, 2.05) is 11.0 Å². The van der Waals surface area contributed by atoms with Gasteiger partial charge in [0, 0.05) is 25.4 Å². The average molecular weight is 416 g/mol. The van der Waals surface area contributed by atoms with E-state index < -0.39 is 0 Å². The molecular weight excluding hydrogens is 391 g/mol. The smallest absolute Gasteiger partial charge is 0.270 e. The number of carbonyl (C=O) groups excluding carboxylic acids is 1. The number of carbonyl (C=O) groups is 1. The molecule has 0 N–H and O–H groups in total. The standard InChI is InChI=1S/C26H25FN2O2/c27-23-11-9-21(10-12-23)19-24(29-15-5-4-8-25(29)30)26(31)28-16-13-22(14-17-28)18-20-6-2-1-3-7-20/h1-12,15,19,22H,13-14,16-18H2. The van der Waals surface area contributed by atoms with Crippen molar-refractivity contribution in [3.8, 4) is 0 Å². The number of likely N-dealkylation sites (tertiary alicyclic amines) is 1. The second kappa shape index (κ2) is 9.56. The number of halogens is 1. The maximum absolute atomic E-state index is 13.4. The molecule has 0 saturated carbocycles. The summed E-state index contributed by atoms with van der Waals surface area (Å²) >= 11 is 0. The molecular formula is C26H25FN2O2. The monoisotopic (exact) mass is 416 g/mol. The lowest BCUT2D eigenvalue weighted by Crippen LogP contribution is -2.41. The van der Waals surface area contributed by atoms with Gasteiger partial charge in [0.2, 0.25) is 0 Å². The first-order valence-corrected chi connectivity index (χ1v) is 10.6. The molecule has 5 heteroatoms. The first-order valence-electron chi connectivity index (χ1n) is 10.6. The summed E-state index contributed by atoms with van der Waals surface area (Å²) < 4.78 is 14.7. The van der Waals surface area contributed by atoms with E-state index in [9.17, 15) is 14.0 Å². The van der Waals surface area contributed by atoms with Crippen LogP contribution < -0.4 is 5.56 Å². The third-order valence-corrected chi connectivity index (χ3v) is 5.74. The van der Waals surface area contributed by atoms with Gasteiger partial charge in [-0.2, -0.15) is 0 Å². The molecule has 0 unspecified atom stereocenters. The van der Waals surface area contributed by atoms with Crippen LogP contribution in [0.2, 0.25) is 0 Å². The van der Waals surface area contributed by atoms with Gasteiger partial charge in [-0.05, 0) is 60.6 Å². The molecule has 1 saturated heterocycles. The van der Waals surface area contributed by atoms with Crippen LogP contribution in [-0.2, 0) is 11.2 Å². The van der Waals surface area contributed by atoms with Gasteiger partial charge in [0.15, 0.2) is 0 Å². The third-order valence-electron chi connectivity index (χ3n) is 5.74. The van der Waals surface area contributed by atoms with E-state index in [-0.39, 0.29) is 23.0 Å². The van der Waals surface area contributed by atoms with Crippen molar-refractivity contribution in [2.45, 2.75) is 19.3 Å². The summed E-state index contributed by atoms with van der Waals surface area (Å²) in [4.78, 5) is 27.7. The van der Waals surface area contributed by atoms with Crippen LogP contribution >= 0.6 is 0 Å². The lowest BCUT2D eigenvalue weighted by atomic mass is 9.90. The quantitative estimate of drug-likeness (QED) is 0.576. The van der Waals surface area contributed by atoms with Crippen LogP contribution in [0.4, 0.5) is 4.39 Å². The van der Waals surface area contributed by atoms with Crippen LogP contribution in [0.25, 0.3) is 11.8 Å². The topological polar surface area (TPSA) is 42.3 Å². The fourth-order valence-electron chi connectivity index (χ4n) is 4.03. The second-order valence-electron chi connectivity index (χ2n) is 7.92. The van der Waals surface area contributed by atoms with Crippen molar-refractivity contribution in [2.24, 2.45) is 5.92 Å². The number of aromatic nitrogens is 1. The van der Waals surface area contributed by atoms with Crippen LogP contribution in [0.15, 0.2) is 83.8 Å².